The van der Waals surface area contributed by atoms with Gasteiger partial charge in [0.25, 0.3) is 5.91 Å². The van der Waals surface area contributed by atoms with Gasteiger partial charge in [-0.05, 0) is 67.3 Å². The zero-order chi connectivity index (χ0) is 22.8. The third-order valence-corrected chi connectivity index (χ3v) is 7.22. The molecule has 2 atom stereocenters. The van der Waals surface area contributed by atoms with E-state index in [0.29, 0.717) is 30.2 Å². The average Bonchev–Trinajstić information content (AvgIpc) is 3.33. The molecule has 2 unspecified atom stereocenters. The molecule has 1 aliphatic rings. The molecular formula is C24H33N3O3S2. The Morgan fingerprint density at radius 2 is 2.12 bits per heavy atom. The standard InChI is InChI=1S/C24H33N3O3S2/c1-30-22-10-4-3-9-20(22)23(28)26-21(11-14-31-2)24(29)25-15-18-7-5-12-27(16-18)17-19-8-6-13-32-19/h3-4,6,8-10,13,18,21H,5,7,11-12,14-17H2,1-2H3,(H,25,29)(H,26,28). The highest BCUT2D eigenvalue weighted by Gasteiger charge is 2.25. The molecule has 2 aromatic rings. The number of ether oxygens (including phenoxy) is 1. The average molecular weight is 476 g/mol. The fraction of sp³-hybridized carbons (Fsp3) is 0.500. The first-order valence-corrected chi connectivity index (χ1v) is 13.3. The van der Waals surface area contributed by atoms with Crippen molar-refractivity contribution in [2.45, 2.75) is 31.8 Å². The minimum Gasteiger partial charge on any atom is -0.496 e. The highest BCUT2D eigenvalue weighted by molar-refractivity contribution is 7.98. The smallest absolute Gasteiger partial charge is 0.255 e. The van der Waals surface area contributed by atoms with E-state index in [1.807, 2.05) is 12.3 Å². The van der Waals surface area contributed by atoms with Crippen LogP contribution in [0.3, 0.4) is 0 Å². The number of amides is 2. The molecule has 2 heterocycles. The van der Waals surface area contributed by atoms with Crippen LogP contribution in [0.25, 0.3) is 0 Å². The lowest BCUT2D eigenvalue weighted by molar-refractivity contribution is -0.123. The minimum absolute atomic E-state index is 0.113. The summed E-state index contributed by atoms with van der Waals surface area (Å²) in [6.45, 7) is 3.71. The Morgan fingerprint density at radius 3 is 2.88 bits per heavy atom. The van der Waals surface area contributed by atoms with Crippen LogP contribution in [0.1, 0.15) is 34.5 Å². The fourth-order valence-corrected chi connectivity index (χ4v) is 5.24. The van der Waals surface area contributed by atoms with Crippen molar-refractivity contribution in [1.82, 2.24) is 15.5 Å². The molecule has 32 heavy (non-hydrogen) atoms. The van der Waals surface area contributed by atoms with E-state index < -0.39 is 6.04 Å². The van der Waals surface area contributed by atoms with Gasteiger partial charge in [-0.25, -0.2) is 0 Å². The van der Waals surface area contributed by atoms with Crippen molar-refractivity contribution in [2.75, 3.05) is 38.8 Å². The molecule has 0 radical (unpaired) electrons. The van der Waals surface area contributed by atoms with Gasteiger partial charge in [0, 0.05) is 24.5 Å². The Kier molecular flexibility index (Phi) is 9.89. The minimum atomic E-state index is -0.564. The molecule has 0 spiro atoms. The number of piperidine rings is 1. The van der Waals surface area contributed by atoms with E-state index in [4.69, 9.17) is 4.74 Å². The second-order valence-electron chi connectivity index (χ2n) is 8.08. The normalized spacial score (nSPS) is 17.5. The molecule has 1 aliphatic heterocycles. The first kappa shape index (κ1) is 24.6. The van der Waals surface area contributed by atoms with E-state index in [2.05, 4.69) is 33.0 Å². The highest BCUT2D eigenvalue weighted by atomic mass is 32.2. The summed E-state index contributed by atoms with van der Waals surface area (Å²) in [4.78, 5) is 29.6. The van der Waals surface area contributed by atoms with Crippen molar-refractivity contribution < 1.29 is 14.3 Å². The van der Waals surface area contributed by atoms with Gasteiger partial charge < -0.3 is 15.4 Å². The van der Waals surface area contributed by atoms with Crippen LogP contribution in [-0.2, 0) is 11.3 Å². The molecule has 0 saturated carbocycles. The predicted molar refractivity (Wildman–Crippen MR) is 133 cm³/mol. The van der Waals surface area contributed by atoms with Gasteiger partial charge in [-0.15, -0.1) is 11.3 Å². The van der Waals surface area contributed by atoms with Gasteiger partial charge in [0.2, 0.25) is 5.91 Å². The summed E-state index contributed by atoms with van der Waals surface area (Å²) in [6, 6.07) is 10.8. The van der Waals surface area contributed by atoms with Gasteiger partial charge in [-0.2, -0.15) is 11.8 Å². The van der Waals surface area contributed by atoms with Gasteiger partial charge in [0.1, 0.15) is 11.8 Å². The van der Waals surface area contributed by atoms with Crippen LogP contribution in [-0.4, -0.2) is 61.5 Å². The quantitative estimate of drug-likeness (QED) is 0.519. The number of methoxy groups -OCH3 is 1. The number of thioether (sulfide) groups is 1. The largest absolute Gasteiger partial charge is 0.496 e. The van der Waals surface area contributed by atoms with Crippen molar-refractivity contribution in [1.29, 1.82) is 0 Å². The molecular weight excluding hydrogens is 442 g/mol. The maximum Gasteiger partial charge on any atom is 0.255 e. The number of carbonyl (C=O) groups is 2. The van der Waals surface area contributed by atoms with Crippen molar-refractivity contribution in [3.05, 3.63) is 52.2 Å². The van der Waals surface area contributed by atoms with Gasteiger partial charge in [0.05, 0.1) is 12.7 Å². The molecule has 1 saturated heterocycles. The molecule has 6 nitrogen and oxygen atoms in total. The zero-order valence-electron chi connectivity index (χ0n) is 18.8. The van der Waals surface area contributed by atoms with Crippen LogP contribution in [0.15, 0.2) is 41.8 Å². The molecule has 1 fully saturated rings. The van der Waals surface area contributed by atoms with Crippen molar-refractivity contribution in [3.63, 3.8) is 0 Å². The number of hydrogen-bond donors (Lipinski definition) is 2. The molecule has 1 aromatic carbocycles. The van der Waals surface area contributed by atoms with E-state index in [0.717, 1.165) is 38.2 Å². The van der Waals surface area contributed by atoms with Gasteiger partial charge in [0.15, 0.2) is 0 Å². The van der Waals surface area contributed by atoms with Gasteiger partial charge >= 0.3 is 0 Å². The zero-order valence-corrected chi connectivity index (χ0v) is 20.5. The highest BCUT2D eigenvalue weighted by Crippen LogP contribution is 2.20. The second-order valence-corrected chi connectivity index (χ2v) is 10.1. The molecule has 2 N–H and O–H groups in total. The third-order valence-electron chi connectivity index (χ3n) is 5.71. The predicted octanol–water partition coefficient (Wildman–Crippen LogP) is 3.64. The topological polar surface area (TPSA) is 70.7 Å². The Hall–Kier alpha value is -2.03. The molecule has 0 bridgehead atoms. The maximum atomic E-state index is 13.0. The third kappa shape index (κ3) is 7.25. The van der Waals surface area contributed by atoms with E-state index in [9.17, 15) is 9.59 Å². The number of likely N-dealkylation sites (tertiary alicyclic amines) is 1. The van der Waals surface area contributed by atoms with Crippen LogP contribution in [0, 0.1) is 5.92 Å². The van der Waals surface area contributed by atoms with Crippen LogP contribution < -0.4 is 15.4 Å². The summed E-state index contributed by atoms with van der Waals surface area (Å²) in [5, 5.41) is 8.14. The molecule has 0 aliphatic carbocycles. The van der Waals surface area contributed by atoms with E-state index >= 15 is 0 Å². The number of rotatable bonds is 11. The number of hydrogen-bond acceptors (Lipinski definition) is 6. The van der Waals surface area contributed by atoms with Crippen LogP contribution in [0.2, 0.25) is 0 Å². The number of carbonyl (C=O) groups excluding carboxylic acids is 2. The van der Waals surface area contributed by atoms with Crippen LogP contribution in [0.4, 0.5) is 0 Å². The van der Waals surface area contributed by atoms with Gasteiger partial charge in [-0.1, -0.05) is 18.2 Å². The molecule has 3 rings (SSSR count). The number of para-hydroxylation sites is 1. The summed E-state index contributed by atoms with van der Waals surface area (Å²) in [5.41, 5.74) is 0.438. The molecule has 174 valence electrons. The Morgan fingerprint density at radius 1 is 1.28 bits per heavy atom. The summed E-state index contributed by atoms with van der Waals surface area (Å²) in [7, 11) is 1.54. The summed E-state index contributed by atoms with van der Waals surface area (Å²) < 4.78 is 5.29. The fourth-order valence-electron chi connectivity index (χ4n) is 4.03. The van der Waals surface area contributed by atoms with Crippen molar-refractivity contribution in [2.24, 2.45) is 5.92 Å². The summed E-state index contributed by atoms with van der Waals surface area (Å²) in [5.74, 6) is 1.32. The summed E-state index contributed by atoms with van der Waals surface area (Å²) >= 11 is 3.46. The van der Waals surface area contributed by atoms with Crippen molar-refractivity contribution >= 4 is 34.9 Å². The first-order chi connectivity index (χ1) is 15.6. The van der Waals surface area contributed by atoms with Crippen LogP contribution in [0.5, 0.6) is 5.75 Å². The molecule has 2 amide bonds. The Balaban J connectivity index is 1.54. The second kappa shape index (κ2) is 12.9. The summed E-state index contributed by atoms with van der Waals surface area (Å²) in [6.07, 6.45) is 4.85. The SMILES string of the molecule is COc1ccccc1C(=O)NC(CCSC)C(=O)NCC1CCCN(Cc2cccs2)C1. The van der Waals surface area contributed by atoms with E-state index in [-0.39, 0.29) is 11.8 Å². The number of nitrogens with one attached hydrogen (secondary N) is 2. The first-order valence-electron chi connectivity index (χ1n) is 11.1. The molecule has 8 heteroatoms. The van der Waals surface area contributed by atoms with E-state index in [1.165, 1.54) is 12.0 Å². The van der Waals surface area contributed by atoms with Gasteiger partial charge in [-0.3, -0.25) is 14.5 Å². The lowest BCUT2D eigenvalue weighted by Gasteiger charge is -2.32. The lowest BCUT2D eigenvalue weighted by atomic mass is 9.97. The van der Waals surface area contributed by atoms with Crippen LogP contribution >= 0.6 is 23.1 Å². The Labute approximate surface area is 199 Å². The number of thiophene rings is 1. The Bertz CT molecular complexity index is 860. The number of nitrogens with zero attached hydrogens (tertiary/aromatic N) is 1. The monoisotopic (exact) mass is 475 g/mol. The lowest BCUT2D eigenvalue weighted by Crippen LogP contribution is -2.49. The maximum absolute atomic E-state index is 13.0. The number of benzene rings is 1. The molecule has 1 aromatic heterocycles. The van der Waals surface area contributed by atoms with Crippen molar-refractivity contribution in [3.8, 4) is 5.75 Å². The van der Waals surface area contributed by atoms with E-state index in [1.54, 1.807) is 41.3 Å².